The molecule has 0 aliphatic carbocycles. The summed E-state index contributed by atoms with van der Waals surface area (Å²) >= 11 is 0. The van der Waals surface area contributed by atoms with E-state index in [4.69, 9.17) is 5.11 Å². The molecule has 0 amide bonds. The maximum absolute atomic E-state index is 13.0. The Morgan fingerprint density at radius 3 is 3.12 bits per heavy atom. The summed E-state index contributed by atoms with van der Waals surface area (Å²) in [5.74, 6) is -0.270. The molecule has 17 heavy (non-hydrogen) atoms. The first-order valence-electron chi connectivity index (χ1n) is 6.24. The molecule has 0 radical (unpaired) electrons. The molecule has 1 aromatic rings. The van der Waals surface area contributed by atoms with E-state index in [2.05, 4.69) is 9.88 Å². The molecule has 0 bridgehead atoms. The Morgan fingerprint density at radius 1 is 1.47 bits per heavy atom. The van der Waals surface area contributed by atoms with Gasteiger partial charge in [0.05, 0.1) is 6.20 Å². The smallest absolute Gasteiger partial charge is 0.141 e. The van der Waals surface area contributed by atoms with Crippen LogP contribution in [0.4, 0.5) is 4.39 Å². The van der Waals surface area contributed by atoms with Gasteiger partial charge in [0, 0.05) is 25.4 Å². The van der Waals surface area contributed by atoms with Crippen LogP contribution in [0, 0.1) is 5.82 Å². The van der Waals surface area contributed by atoms with Crippen molar-refractivity contribution in [2.24, 2.45) is 0 Å². The molecular formula is C13H19FN2O. The van der Waals surface area contributed by atoms with Crippen molar-refractivity contribution in [3.63, 3.8) is 0 Å². The Labute approximate surface area is 101 Å². The SMILES string of the molecule is OCCCC1CCCN1Cc1cncc(F)c1. The molecule has 2 rings (SSSR count). The molecule has 1 saturated heterocycles. The van der Waals surface area contributed by atoms with Gasteiger partial charge in [0.2, 0.25) is 0 Å². The molecule has 1 aliphatic heterocycles. The maximum atomic E-state index is 13.0. The molecule has 1 fully saturated rings. The fourth-order valence-electron chi connectivity index (χ4n) is 2.53. The number of hydrogen-bond donors (Lipinski definition) is 1. The predicted octanol–water partition coefficient (Wildman–Crippen LogP) is 1.96. The average molecular weight is 238 g/mol. The van der Waals surface area contributed by atoms with Crippen LogP contribution in [0.3, 0.4) is 0 Å². The van der Waals surface area contributed by atoms with Gasteiger partial charge >= 0.3 is 0 Å². The number of aliphatic hydroxyl groups is 1. The predicted molar refractivity (Wildman–Crippen MR) is 63.9 cm³/mol. The highest BCUT2D eigenvalue weighted by Gasteiger charge is 2.23. The lowest BCUT2D eigenvalue weighted by atomic mass is 10.1. The largest absolute Gasteiger partial charge is 0.396 e. The van der Waals surface area contributed by atoms with Gasteiger partial charge in [-0.3, -0.25) is 9.88 Å². The molecule has 1 atom stereocenters. The number of hydrogen-bond acceptors (Lipinski definition) is 3. The number of halogens is 1. The van der Waals surface area contributed by atoms with Crippen molar-refractivity contribution in [1.29, 1.82) is 0 Å². The van der Waals surface area contributed by atoms with Gasteiger partial charge in [-0.1, -0.05) is 0 Å². The van der Waals surface area contributed by atoms with Crippen molar-refractivity contribution in [3.05, 3.63) is 29.8 Å². The molecule has 0 saturated carbocycles. The topological polar surface area (TPSA) is 36.4 Å². The molecule has 4 heteroatoms. The van der Waals surface area contributed by atoms with E-state index in [1.807, 2.05) is 0 Å². The molecule has 94 valence electrons. The molecule has 1 aromatic heterocycles. The van der Waals surface area contributed by atoms with Crippen LogP contribution in [0.5, 0.6) is 0 Å². The molecule has 1 N–H and O–H groups in total. The number of nitrogens with zero attached hydrogens (tertiary/aromatic N) is 2. The van der Waals surface area contributed by atoms with E-state index in [0.29, 0.717) is 6.04 Å². The summed E-state index contributed by atoms with van der Waals surface area (Å²) in [5.41, 5.74) is 0.931. The van der Waals surface area contributed by atoms with Crippen molar-refractivity contribution >= 4 is 0 Å². The number of pyridine rings is 1. The normalized spacial score (nSPS) is 20.9. The lowest BCUT2D eigenvalue weighted by Gasteiger charge is -2.24. The number of aliphatic hydroxyl groups excluding tert-OH is 1. The van der Waals surface area contributed by atoms with Gasteiger partial charge in [0.25, 0.3) is 0 Å². The molecular weight excluding hydrogens is 219 g/mol. The summed E-state index contributed by atoms with van der Waals surface area (Å²) in [6.45, 7) is 2.08. The van der Waals surface area contributed by atoms with Crippen LogP contribution in [-0.4, -0.2) is 34.2 Å². The first kappa shape index (κ1) is 12.5. The summed E-state index contributed by atoms with van der Waals surface area (Å²) in [6.07, 6.45) is 7.21. The first-order chi connectivity index (χ1) is 8.29. The van der Waals surface area contributed by atoms with Crippen LogP contribution < -0.4 is 0 Å². The third kappa shape index (κ3) is 3.48. The van der Waals surface area contributed by atoms with E-state index in [9.17, 15) is 4.39 Å². The number of likely N-dealkylation sites (tertiary alicyclic amines) is 1. The van der Waals surface area contributed by atoms with Crippen LogP contribution in [0.15, 0.2) is 18.5 Å². The lowest BCUT2D eigenvalue weighted by Crippen LogP contribution is -2.29. The standard InChI is InChI=1S/C13H19FN2O/c14-12-7-11(8-15-9-12)10-16-5-1-3-13(16)4-2-6-17/h7-9,13,17H,1-6,10H2. The van der Waals surface area contributed by atoms with E-state index in [-0.39, 0.29) is 12.4 Å². The van der Waals surface area contributed by atoms with Gasteiger partial charge in [0.15, 0.2) is 0 Å². The summed E-state index contributed by atoms with van der Waals surface area (Å²) in [7, 11) is 0. The van der Waals surface area contributed by atoms with Crippen molar-refractivity contribution in [3.8, 4) is 0 Å². The zero-order chi connectivity index (χ0) is 12.1. The van der Waals surface area contributed by atoms with Gasteiger partial charge in [-0.25, -0.2) is 4.39 Å². The van der Waals surface area contributed by atoms with Crippen molar-refractivity contribution in [2.45, 2.75) is 38.3 Å². The molecule has 0 aromatic carbocycles. The highest BCUT2D eigenvalue weighted by Crippen LogP contribution is 2.23. The second kappa shape index (κ2) is 6.07. The summed E-state index contributed by atoms with van der Waals surface area (Å²) in [4.78, 5) is 6.24. The van der Waals surface area contributed by atoms with Crippen molar-refractivity contribution in [1.82, 2.24) is 9.88 Å². The maximum Gasteiger partial charge on any atom is 0.141 e. The Kier molecular flexibility index (Phi) is 4.45. The average Bonchev–Trinajstić information content (AvgIpc) is 2.74. The van der Waals surface area contributed by atoms with Gasteiger partial charge in [-0.15, -0.1) is 0 Å². The Balaban J connectivity index is 1.93. The van der Waals surface area contributed by atoms with Gasteiger partial charge in [-0.2, -0.15) is 0 Å². The number of rotatable bonds is 5. The quantitative estimate of drug-likeness (QED) is 0.852. The second-order valence-corrected chi connectivity index (χ2v) is 4.64. The third-order valence-electron chi connectivity index (χ3n) is 3.34. The zero-order valence-electron chi connectivity index (χ0n) is 9.98. The minimum Gasteiger partial charge on any atom is -0.396 e. The third-order valence-corrected chi connectivity index (χ3v) is 3.34. The lowest BCUT2D eigenvalue weighted by molar-refractivity contribution is 0.210. The second-order valence-electron chi connectivity index (χ2n) is 4.64. The Bertz CT molecular complexity index is 359. The van der Waals surface area contributed by atoms with Gasteiger partial charge in [0.1, 0.15) is 5.82 Å². The van der Waals surface area contributed by atoms with E-state index in [0.717, 1.165) is 31.5 Å². The van der Waals surface area contributed by atoms with Crippen molar-refractivity contribution < 1.29 is 9.50 Å². The van der Waals surface area contributed by atoms with E-state index < -0.39 is 0 Å². The summed E-state index contributed by atoms with van der Waals surface area (Å²) in [5, 5.41) is 8.86. The summed E-state index contributed by atoms with van der Waals surface area (Å²) in [6, 6.07) is 2.08. The Morgan fingerprint density at radius 2 is 2.35 bits per heavy atom. The van der Waals surface area contributed by atoms with Crippen LogP contribution >= 0.6 is 0 Å². The molecule has 1 unspecified atom stereocenters. The van der Waals surface area contributed by atoms with Crippen LogP contribution in [-0.2, 0) is 6.54 Å². The van der Waals surface area contributed by atoms with Crippen LogP contribution in [0.1, 0.15) is 31.2 Å². The van der Waals surface area contributed by atoms with E-state index in [1.165, 1.54) is 19.0 Å². The summed E-state index contributed by atoms with van der Waals surface area (Å²) < 4.78 is 13.0. The van der Waals surface area contributed by atoms with Gasteiger partial charge in [-0.05, 0) is 43.9 Å². The fraction of sp³-hybridized carbons (Fsp3) is 0.615. The highest BCUT2D eigenvalue weighted by atomic mass is 19.1. The van der Waals surface area contributed by atoms with Gasteiger partial charge < -0.3 is 5.11 Å². The minimum atomic E-state index is -0.270. The molecule has 3 nitrogen and oxygen atoms in total. The highest BCUT2D eigenvalue weighted by molar-refractivity contribution is 5.10. The zero-order valence-corrected chi connectivity index (χ0v) is 9.98. The van der Waals surface area contributed by atoms with Crippen LogP contribution in [0.25, 0.3) is 0 Å². The molecule has 1 aliphatic rings. The van der Waals surface area contributed by atoms with Crippen LogP contribution in [0.2, 0.25) is 0 Å². The number of aromatic nitrogens is 1. The van der Waals surface area contributed by atoms with E-state index >= 15 is 0 Å². The van der Waals surface area contributed by atoms with E-state index in [1.54, 1.807) is 12.3 Å². The Hall–Kier alpha value is -1.00. The minimum absolute atomic E-state index is 0.256. The van der Waals surface area contributed by atoms with Crippen molar-refractivity contribution in [2.75, 3.05) is 13.2 Å². The molecule has 2 heterocycles. The first-order valence-corrected chi connectivity index (χ1v) is 6.24. The molecule has 0 spiro atoms. The fourth-order valence-corrected chi connectivity index (χ4v) is 2.53. The monoisotopic (exact) mass is 238 g/mol.